The number of carbonyl (C=O) groups is 4. The van der Waals surface area contributed by atoms with Crippen molar-refractivity contribution < 1.29 is 47.6 Å². The maximum atomic E-state index is 12.5. The van der Waals surface area contributed by atoms with Crippen LogP contribution in [0.1, 0.15) is 79.2 Å². The number of ether oxygens (including phenoxy) is 6. The molecule has 0 spiro atoms. The first-order valence-electron chi connectivity index (χ1n) is 13.4. The summed E-state index contributed by atoms with van der Waals surface area (Å²) in [4.78, 5) is 48.8. The van der Waals surface area contributed by atoms with Crippen molar-refractivity contribution in [3.63, 3.8) is 0 Å². The summed E-state index contributed by atoms with van der Waals surface area (Å²) in [6, 6.07) is 3.32. The topological polar surface area (TPSA) is 150 Å². The lowest BCUT2D eigenvalue weighted by atomic mass is 9.91. The molecule has 2 atom stereocenters. The minimum atomic E-state index is -1.06. The SMILES string of the molecule is CCCCOC(=O)Oc1ccc(C[C@H](N)C(=O)OC[C@H](C)OC(=O)C(C)(C)CC)cc1OC(=O)OCCCC. The highest BCUT2D eigenvalue weighted by molar-refractivity contribution is 5.77. The number of benzene rings is 1. The molecule has 39 heavy (non-hydrogen) atoms. The number of carbonyl (C=O) groups excluding carboxylic acids is 4. The quantitative estimate of drug-likeness (QED) is 0.126. The number of unbranched alkanes of at least 4 members (excludes halogenated alkanes) is 2. The number of hydrogen-bond acceptors (Lipinski definition) is 11. The minimum Gasteiger partial charge on any atom is -0.461 e. The zero-order valence-corrected chi connectivity index (χ0v) is 23.9. The molecule has 0 aromatic heterocycles. The van der Waals surface area contributed by atoms with E-state index >= 15 is 0 Å². The van der Waals surface area contributed by atoms with Gasteiger partial charge in [0, 0.05) is 0 Å². The van der Waals surface area contributed by atoms with Crippen molar-refractivity contribution in [2.75, 3.05) is 19.8 Å². The van der Waals surface area contributed by atoms with E-state index < -0.39 is 35.8 Å². The summed E-state index contributed by atoms with van der Waals surface area (Å²) in [5, 5.41) is 0. The second-order valence-corrected chi connectivity index (χ2v) is 9.78. The molecule has 11 heteroatoms. The van der Waals surface area contributed by atoms with Crippen molar-refractivity contribution in [2.45, 2.75) is 92.2 Å². The molecule has 0 heterocycles. The molecule has 11 nitrogen and oxygen atoms in total. The van der Waals surface area contributed by atoms with Gasteiger partial charge in [-0.2, -0.15) is 0 Å². The van der Waals surface area contributed by atoms with Crippen molar-refractivity contribution in [1.82, 2.24) is 0 Å². The van der Waals surface area contributed by atoms with E-state index in [2.05, 4.69) is 0 Å². The van der Waals surface area contributed by atoms with Gasteiger partial charge in [0.25, 0.3) is 0 Å². The lowest BCUT2D eigenvalue weighted by molar-refractivity contribution is -0.166. The summed E-state index contributed by atoms with van der Waals surface area (Å²) in [5.41, 5.74) is 5.89. The van der Waals surface area contributed by atoms with Crippen molar-refractivity contribution >= 4 is 24.2 Å². The van der Waals surface area contributed by atoms with E-state index in [1.165, 1.54) is 12.1 Å². The summed E-state index contributed by atoms with van der Waals surface area (Å²) in [6.07, 6.45) is 1.07. The van der Waals surface area contributed by atoms with Gasteiger partial charge in [0.15, 0.2) is 11.5 Å². The molecule has 0 saturated heterocycles. The fourth-order valence-corrected chi connectivity index (χ4v) is 2.85. The molecule has 1 rings (SSSR count). The van der Waals surface area contributed by atoms with Crippen molar-refractivity contribution in [3.05, 3.63) is 23.8 Å². The molecule has 1 aromatic carbocycles. The Balaban J connectivity index is 2.84. The molecule has 0 bridgehead atoms. The van der Waals surface area contributed by atoms with Crippen LogP contribution in [-0.2, 0) is 35.0 Å². The zero-order valence-electron chi connectivity index (χ0n) is 23.9. The van der Waals surface area contributed by atoms with Crippen LogP contribution >= 0.6 is 0 Å². The normalized spacial score (nSPS) is 12.6. The van der Waals surface area contributed by atoms with Gasteiger partial charge in [0.2, 0.25) is 0 Å². The van der Waals surface area contributed by atoms with Crippen LogP contribution < -0.4 is 15.2 Å². The molecule has 0 aliphatic carbocycles. The van der Waals surface area contributed by atoms with Gasteiger partial charge in [0.1, 0.15) is 18.8 Å². The average molecular weight is 554 g/mol. The fraction of sp³-hybridized carbons (Fsp3) is 0.643. The fourth-order valence-electron chi connectivity index (χ4n) is 2.85. The number of hydrogen-bond donors (Lipinski definition) is 1. The summed E-state index contributed by atoms with van der Waals surface area (Å²) >= 11 is 0. The summed E-state index contributed by atoms with van der Waals surface area (Å²) in [6.45, 7) is 11.2. The Morgan fingerprint density at radius 2 is 1.44 bits per heavy atom. The van der Waals surface area contributed by atoms with E-state index in [9.17, 15) is 19.2 Å². The maximum Gasteiger partial charge on any atom is 0.513 e. The second-order valence-electron chi connectivity index (χ2n) is 9.78. The Morgan fingerprint density at radius 1 is 0.872 bits per heavy atom. The van der Waals surface area contributed by atoms with Crippen LogP contribution in [0.2, 0.25) is 0 Å². The van der Waals surface area contributed by atoms with Crippen LogP contribution in [0, 0.1) is 5.41 Å². The highest BCUT2D eigenvalue weighted by Crippen LogP contribution is 2.30. The van der Waals surface area contributed by atoms with Crippen LogP contribution in [0.25, 0.3) is 0 Å². The Hall–Kier alpha value is -3.34. The van der Waals surface area contributed by atoms with Gasteiger partial charge in [-0.3, -0.25) is 9.59 Å². The van der Waals surface area contributed by atoms with Crippen LogP contribution in [0.5, 0.6) is 11.5 Å². The van der Waals surface area contributed by atoms with E-state index in [0.29, 0.717) is 24.8 Å². The van der Waals surface area contributed by atoms with Crippen molar-refractivity contribution in [1.29, 1.82) is 0 Å². The molecule has 0 unspecified atom stereocenters. The minimum absolute atomic E-state index is 0.0261. The average Bonchev–Trinajstić information content (AvgIpc) is 2.88. The summed E-state index contributed by atoms with van der Waals surface area (Å²) in [7, 11) is 0. The standard InChI is InChI=1S/C28H43NO10/c1-7-10-14-34-26(32)38-22-13-12-20(17-23(22)39-27(33)35-15-11-8-2)16-21(29)24(30)36-18-19(4)37-25(31)28(5,6)9-3/h12-13,17,19,21H,7-11,14-16,18,29H2,1-6H3/t19-,21-/m0/s1. The predicted molar refractivity (Wildman–Crippen MR) is 142 cm³/mol. The number of esters is 2. The predicted octanol–water partition coefficient (Wildman–Crippen LogP) is 5.10. The molecule has 2 N–H and O–H groups in total. The Labute approximate surface area is 230 Å². The second kappa shape index (κ2) is 17.3. The third-order valence-corrected chi connectivity index (χ3v) is 5.79. The molecule has 0 amide bonds. The van der Waals surface area contributed by atoms with Gasteiger partial charge in [-0.15, -0.1) is 0 Å². The number of nitrogens with two attached hydrogens (primary N) is 1. The molecule has 1 aromatic rings. The third kappa shape index (κ3) is 12.8. The van der Waals surface area contributed by atoms with Crippen molar-refractivity contribution in [2.24, 2.45) is 11.1 Å². The Kier molecular flexibility index (Phi) is 14.9. The van der Waals surface area contributed by atoms with Gasteiger partial charge in [-0.25, -0.2) is 9.59 Å². The first-order valence-corrected chi connectivity index (χ1v) is 13.4. The lowest BCUT2D eigenvalue weighted by Crippen LogP contribution is -2.37. The van der Waals surface area contributed by atoms with E-state index in [0.717, 1.165) is 12.8 Å². The van der Waals surface area contributed by atoms with Crippen molar-refractivity contribution in [3.8, 4) is 11.5 Å². The van der Waals surface area contributed by atoms with E-state index in [1.54, 1.807) is 26.8 Å². The zero-order chi connectivity index (χ0) is 29.4. The van der Waals surface area contributed by atoms with Gasteiger partial charge >= 0.3 is 24.2 Å². The van der Waals surface area contributed by atoms with E-state index in [1.807, 2.05) is 20.8 Å². The molecule has 0 radical (unpaired) electrons. The van der Waals surface area contributed by atoms with E-state index in [-0.39, 0.29) is 43.7 Å². The molecule has 220 valence electrons. The highest BCUT2D eigenvalue weighted by atomic mass is 16.7. The molecular formula is C28H43NO10. The molecule has 0 aliphatic rings. The summed E-state index contributed by atoms with van der Waals surface area (Å²) in [5.74, 6) is -1.24. The smallest absolute Gasteiger partial charge is 0.461 e. The third-order valence-electron chi connectivity index (χ3n) is 5.79. The molecular weight excluding hydrogens is 510 g/mol. The van der Waals surface area contributed by atoms with Crippen LogP contribution in [0.15, 0.2) is 18.2 Å². The maximum absolute atomic E-state index is 12.5. The van der Waals surface area contributed by atoms with Crippen LogP contribution in [-0.4, -0.2) is 56.2 Å². The van der Waals surface area contributed by atoms with Crippen LogP contribution in [0.4, 0.5) is 9.59 Å². The first-order chi connectivity index (χ1) is 18.4. The van der Waals surface area contributed by atoms with Crippen LogP contribution in [0.3, 0.4) is 0 Å². The molecule has 0 saturated carbocycles. The largest absolute Gasteiger partial charge is 0.513 e. The monoisotopic (exact) mass is 553 g/mol. The molecule has 0 fully saturated rings. The van der Waals surface area contributed by atoms with Gasteiger partial charge < -0.3 is 34.2 Å². The molecule has 0 aliphatic heterocycles. The van der Waals surface area contributed by atoms with Gasteiger partial charge in [-0.05, 0) is 64.2 Å². The van der Waals surface area contributed by atoms with Gasteiger partial charge in [-0.1, -0.05) is 39.7 Å². The Bertz CT molecular complexity index is 946. The van der Waals surface area contributed by atoms with E-state index in [4.69, 9.17) is 34.2 Å². The lowest BCUT2D eigenvalue weighted by Gasteiger charge is -2.23. The van der Waals surface area contributed by atoms with Gasteiger partial charge in [0.05, 0.1) is 18.6 Å². The highest BCUT2D eigenvalue weighted by Gasteiger charge is 2.29. The Morgan fingerprint density at radius 3 is 1.97 bits per heavy atom. The first kappa shape index (κ1) is 33.7. The summed E-state index contributed by atoms with van der Waals surface area (Å²) < 4.78 is 31.1. The number of rotatable bonds is 16.